The molecule has 0 aliphatic carbocycles. The molecular weight excluding hydrogens is 468 g/mol. The third kappa shape index (κ3) is 8.00. The van der Waals surface area contributed by atoms with Crippen molar-refractivity contribution in [3.8, 4) is 5.75 Å². The highest BCUT2D eigenvalue weighted by atomic mass is 79.9. The zero-order valence-electron chi connectivity index (χ0n) is 17.4. The number of carbonyl (C=O) groups excluding carboxylic acids is 2. The van der Waals surface area contributed by atoms with E-state index in [1.54, 1.807) is 36.1 Å². The van der Waals surface area contributed by atoms with Crippen molar-refractivity contribution in [2.45, 2.75) is 45.7 Å². The molecule has 0 aromatic heterocycles. The molecule has 2 aromatic rings. The molecule has 0 heterocycles. The molecular formula is C23H28BrClN2O3. The number of hydrogen-bond donors (Lipinski definition) is 1. The van der Waals surface area contributed by atoms with Crippen molar-refractivity contribution in [1.29, 1.82) is 0 Å². The summed E-state index contributed by atoms with van der Waals surface area (Å²) in [4.78, 5) is 27.1. The second kappa shape index (κ2) is 12.6. The van der Waals surface area contributed by atoms with Gasteiger partial charge in [0.05, 0.1) is 6.61 Å². The van der Waals surface area contributed by atoms with Crippen LogP contribution in [0.25, 0.3) is 0 Å². The summed E-state index contributed by atoms with van der Waals surface area (Å²) in [7, 11) is 0. The number of halogens is 2. The maximum atomic E-state index is 13.0. The summed E-state index contributed by atoms with van der Waals surface area (Å²) in [6.07, 6.45) is 1.71. The van der Waals surface area contributed by atoms with E-state index in [0.717, 1.165) is 16.5 Å². The van der Waals surface area contributed by atoms with Crippen molar-refractivity contribution in [3.63, 3.8) is 0 Å². The first-order valence-electron chi connectivity index (χ1n) is 10.1. The molecule has 1 unspecified atom stereocenters. The number of nitrogens with one attached hydrogen (secondary N) is 1. The molecule has 0 fully saturated rings. The van der Waals surface area contributed by atoms with Crippen LogP contribution in [-0.2, 0) is 16.1 Å². The predicted molar refractivity (Wildman–Crippen MR) is 124 cm³/mol. The fourth-order valence-electron chi connectivity index (χ4n) is 2.85. The Bertz CT molecular complexity index is 812. The molecule has 30 heavy (non-hydrogen) atoms. The molecule has 1 atom stereocenters. The lowest BCUT2D eigenvalue weighted by Gasteiger charge is -2.29. The van der Waals surface area contributed by atoms with E-state index < -0.39 is 6.04 Å². The van der Waals surface area contributed by atoms with Gasteiger partial charge in [-0.05, 0) is 61.7 Å². The maximum Gasteiger partial charge on any atom is 0.242 e. The average Bonchev–Trinajstić information content (AvgIpc) is 2.75. The summed E-state index contributed by atoms with van der Waals surface area (Å²) < 4.78 is 6.64. The Hall–Kier alpha value is -2.05. The third-order valence-electron chi connectivity index (χ3n) is 4.60. The minimum atomic E-state index is -0.551. The van der Waals surface area contributed by atoms with Crippen molar-refractivity contribution in [2.24, 2.45) is 0 Å². The highest BCUT2D eigenvalue weighted by Gasteiger charge is 2.25. The highest BCUT2D eigenvalue weighted by Crippen LogP contribution is 2.17. The summed E-state index contributed by atoms with van der Waals surface area (Å²) in [6, 6.07) is 14.3. The second-order valence-corrected chi connectivity index (χ2v) is 8.37. The molecule has 0 radical (unpaired) electrons. The van der Waals surface area contributed by atoms with Gasteiger partial charge in [-0.15, -0.1) is 0 Å². The van der Waals surface area contributed by atoms with Crippen LogP contribution in [0, 0.1) is 0 Å². The Kier molecular flexibility index (Phi) is 10.2. The molecule has 0 saturated heterocycles. The first-order chi connectivity index (χ1) is 14.4. The number of nitrogens with zero attached hydrogens (tertiary/aromatic N) is 1. The van der Waals surface area contributed by atoms with Crippen LogP contribution in [0.3, 0.4) is 0 Å². The lowest BCUT2D eigenvalue weighted by atomic mass is 10.1. The smallest absolute Gasteiger partial charge is 0.242 e. The summed E-state index contributed by atoms with van der Waals surface area (Å²) in [5.41, 5.74) is 0.971. The molecule has 2 rings (SSSR count). The zero-order valence-corrected chi connectivity index (χ0v) is 19.7. The first kappa shape index (κ1) is 24.2. The van der Waals surface area contributed by atoms with E-state index in [4.69, 9.17) is 16.3 Å². The Morgan fingerprint density at radius 3 is 2.43 bits per heavy atom. The molecule has 162 valence electrons. The maximum absolute atomic E-state index is 13.0. The van der Waals surface area contributed by atoms with E-state index in [0.29, 0.717) is 43.3 Å². The number of ether oxygens (including phenoxy) is 1. The zero-order chi connectivity index (χ0) is 21.9. The largest absolute Gasteiger partial charge is 0.494 e. The third-order valence-corrected chi connectivity index (χ3v) is 5.38. The standard InChI is InChI=1S/C23H28BrClN2O3/c1-3-14-26-23(29)17(2)27(16-18-6-8-19(24)9-7-18)22(28)5-4-15-30-21-12-10-20(25)11-13-21/h6-13,17H,3-5,14-16H2,1-2H3,(H,26,29). The van der Waals surface area contributed by atoms with Crippen molar-refractivity contribution < 1.29 is 14.3 Å². The van der Waals surface area contributed by atoms with Crippen LogP contribution in [0.2, 0.25) is 5.02 Å². The van der Waals surface area contributed by atoms with E-state index in [2.05, 4.69) is 21.2 Å². The molecule has 0 spiro atoms. The van der Waals surface area contributed by atoms with Gasteiger partial charge in [-0.25, -0.2) is 0 Å². The number of benzene rings is 2. The van der Waals surface area contributed by atoms with Gasteiger partial charge in [0.15, 0.2) is 0 Å². The molecule has 7 heteroatoms. The average molecular weight is 496 g/mol. The number of amides is 2. The molecule has 1 N–H and O–H groups in total. The van der Waals surface area contributed by atoms with Crippen molar-refractivity contribution >= 4 is 39.3 Å². The molecule has 2 aromatic carbocycles. The fraction of sp³-hybridized carbons (Fsp3) is 0.391. The lowest BCUT2D eigenvalue weighted by molar-refractivity contribution is -0.140. The Morgan fingerprint density at radius 1 is 1.13 bits per heavy atom. The van der Waals surface area contributed by atoms with Gasteiger partial charge in [0.25, 0.3) is 0 Å². The number of carbonyl (C=O) groups is 2. The van der Waals surface area contributed by atoms with Crippen LogP contribution in [0.1, 0.15) is 38.7 Å². The van der Waals surface area contributed by atoms with Gasteiger partial charge in [-0.1, -0.05) is 46.6 Å². The van der Waals surface area contributed by atoms with E-state index in [1.807, 2.05) is 31.2 Å². The van der Waals surface area contributed by atoms with Gasteiger partial charge < -0.3 is 15.0 Å². The molecule has 0 bridgehead atoms. The van der Waals surface area contributed by atoms with Crippen molar-refractivity contribution in [3.05, 3.63) is 63.6 Å². The van der Waals surface area contributed by atoms with Crippen LogP contribution >= 0.6 is 27.5 Å². The molecule has 0 aliphatic rings. The normalized spacial score (nSPS) is 11.6. The Labute approximate surface area is 191 Å². The summed E-state index contributed by atoms with van der Waals surface area (Å²) in [6.45, 7) is 5.15. The molecule has 0 aliphatic heterocycles. The van der Waals surface area contributed by atoms with Crippen LogP contribution < -0.4 is 10.1 Å². The van der Waals surface area contributed by atoms with E-state index in [1.165, 1.54) is 0 Å². The first-order valence-corrected chi connectivity index (χ1v) is 11.3. The quantitative estimate of drug-likeness (QED) is 0.436. The summed E-state index contributed by atoms with van der Waals surface area (Å²) >= 11 is 9.29. The monoisotopic (exact) mass is 494 g/mol. The highest BCUT2D eigenvalue weighted by molar-refractivity contribution is 9.10. The van der Waals surface area contributed by atoms with E-state index >= 15 is 0 Å². The van der Waals surface area contributed by atoms with Crippen LogP contribution in [0.15, 0.2) is 53.0 Å². The second-order valence-electron chi connectivity index (χ2n) is 7.02. The summed E-state index contributed by atoms with van der Waals surface area (Å²) in [5.74, 6) is 0.502. The van der Waals surface area contributed by atoms with E-state index in [-0.39, 0.29) is 11.8 Å². The number of rotatable bonds is 11. The molecule has 5 nitrogen and oxygen atoms in total. The van der Waals surface area contributed by atoms with Crippen molar-refractivity contribution in [2.75, 3.05) is 13.2 Å². The van der Waals surface area contributed by atoms with Gasteiger partial charge in [0.2, 0.25) is 11.8 Å². The van der Waals surface area contributed by atoms with Crippen LogP contribution in [-0.4, -0.2) is 35.9 Å². The van der Waals surface area contributed by atoms with Crippen molar-refractivity contribution in [1.82, 2.24) is 10.2 Å². The minimum absolute atomic E-state index is 0.0724. The van der Waals surface area contributed by atoms with E-state index in [9.17, 15) is 9.59 Å². The van der Waals surface area contributed by atoms with Crippen LogP contribution in [0.5, 0.6) is 5.75 Å². The van der Waals surface area contributed by atoms with Crippen LogP contribution in [0.4, 0.5) is 0 Å². The van der Waals surface area contributed by atoms with Gasteiger partial charge in [0, 0.05) is 29.0 Å². The lowest BCUT2D eigenvalue weighted by Crippen LogP contribution is -2.47. The predicted octanol–water partition coefficient (Wildman–Crippen LogP) is 5.21. The number of hydrogen-bond acceptors (Lipinski definition) is 3. The fourth-order valence-corrected chi connectivity index (χ4v) is 3.24. The minimum Gasteiger partial charge on any atom is -0.494 e. The van der Waals surface area contributed by atoms with Gasteiger partial charge in [0.1, 0.15) is 11.8 Å². The Balaban J connectivity index is 1.96. The van der Waals surface area contributed by atoms with Gasteiger partial charge in [-0.3, -0.25) is 9.59 Å². The van der Waals surface area contributed by atoms with Gasteiger partial charge in [-0.2, -0.15) is 0 Å². The molecule has 2 amide bonds. The topological polar surface area (TPSA) is 58.6 Å². The molecule has 0 saturated carbocycles. The summed E-state index contributed by atoms with van der Waals surface area (Å²) in [5, 5.41) is 3.53. The Morgan fingerprint density at radius 2 is 1.80 bits per heavy atom. The van der Waals surface area contributed by atoms with Gasteiger partial charge >= 0.3 is 0 Å². The SMILES string of the molecule is CCCNC(=O)C(C)N(Cc1ccc(Br)cc1)C(=O)CCCOc1ccc(Cl)cc1.